The third kappa shape index (κ3) is 6.59. The van der Waals surface area contributed by atoms with Crippen molar-refractivity contribution in [3.8, 4) is 0 Å². The van der Waals surface area contributed by atoms with Crippen LogP contribution in [0.1, 0.15) is 62.8 Å². The minimum atomic E-state index is -4.69. The highest BCUT2D eigenvalue weighted by Gasteiger charge is 2.34. The first kappa shape index (κ1) is 26.9. The highest BCUT2D eigenvalue weighted by Crippen LogP contribution is 2.35. The molecule has 0 aliphatic carbocycles. The number of hydrogen-bond acceptors (Lipinski definition) is 9. The van der Waals surface area contributed by atoms with Crippen LogP contribution in [-0.2, 0) is 6.18 Å². The summed E-state index contributed by atoms with van der Waals surface area (Å²) >= 11 is 6.59. The third-order valence-corrected chi connectivity index (χ3v) is 7.32. The van der Waals surface area contributed by atoms with Gasteiger partial charge in [-0.25, -0.2) is 19.9 Å². The van der Waals surface area contributed by atoms with E-state index >= 15 is 0 Å². The lowest BCUT2D eigenvalue weighted by atomic mass is 10.0. The lowest BCUT2D eigenvalue weighted by Gasteiger charge is -2.30. The van der Waals surface area contributed by atoms with Crippen molar-refractivity contribution < 1.29 is 27.9 Å². The second kappa shape index (κ2) is 11.1. The van der Waals surface area contributed by atoms with Gasteiger partial charge < -0.3 is 15.3 Å². The molecule has 196 valence electrons. The third-order valence-electron chi connectivity index (χ3n) is 5.79. The van der Waals surface area contributed by atoms with Crippen LogP contribution >= 0.6 is 22.9 Å². The van der Waals surface area contributed by atoms with E-state index in [2.05, 4.69) is 25.3 Å². The van der Waals surface area contributed by atoms with Crippen LogP contribution in [0.2, 0.25) is 5.02 Å². The van der Waals surface area contributed by atoms with E-state index in [0.29, 0.717) is 42.8 Å². The van der Waals surface area contributed by atoms with E-state index in [1.165, 1.54) is 12.5 Å². The van der Waals surface area contributed by atoms with Crippen LogP contribution in [0.3, 0.4) is 0 Å². The Labute approximate surface area is 218 Å². The average molecular weight is 555 g/mol. The number of rotatable bonds is 7. The van der Waals surface area contributed by atoms with Gasteiger partial charge in [0.1, 0.15) is 28.5 Å². The molecular weight excluding hydrogens is 533 g/mol. The van der Waals surface area contributed by atoms with Crippen LogP contribution in [0.15, 0.2) is 30.9 Å². The molecule has 0 radical (unpaired) electrons. The van der Waals surface area contributed by atoms with Crippen LogP contribution < -0.4 is 10.2 Å². The van der Waals surface area contributed by atoms with Crippen LogP contribution in [0.25, 0.3) is 0 Å². The number of aliphatic hydroxyl groups is 1. The molecule has 1 saturated heterocycles. The number of piperidine rings is 1. The maximum Gasteiger partial charge on any atom is 0.418 e. The highest BCUT2D eigenvalue weighted by molar-refractivity contribution is 7.13. The second-order valence-corrected chi connectivity index (χ2v) is 10.0. The van der Waals surface area contributed by atoms with Gasteiger partial charge in [-0.3, -0.25) is 9.59 Å². The summed E-state index contributed by atoms with van der Waals surface area (Å²) in [6.07, 6.45) is -0.242. The molecule has 1 aliphatic heterocycles. The number of carbonyl (C=O) groups excluding carboxylic acids is 2. The van der Waals surface area contributed by atoms with Gasteiger partial charge in [0.25, 0.3) is 5.91 Å². The number of anilines is 2. The van der Waals surface area contributed by atoms with Crippen molar-refractivity contribution in [2.45, 2.75) is 44.4 Å². The molecule has 3 aromatic heterocycles. The Kier molecular flexibility index (Phi) is 8.05. The van der Waals surface area contributed by atoms with Crippen LogP contribution in [0, 0.1) is 0 Å². The average Bonchev–Trinajstić information content (AvgIpc) is 3.36. The van der Waals surface area contributed by atoms with Gasteiger partial charge in [0, 0.05) is 37.7 Å². The molecule has 1 fully saturated rings. The Hall–Kier alpha value is -3.16. The molecule has 4 rings (SSSR count). The van der Waals surface area contributed by atoms with E-state index in [9.17, 15) is 27.9 Å². The van der Waals surface area contributed by atoms with Crippen molar-refractivity contribution >= 4 is 46.3 Å². The monoisotopic (exact) mass is 554 g/mol. The first-order valence-corrected chi connectivity index (χ1v) is 12.5. The van der Waals surface area contributed by atoms with E-state index in [-0.39, 0.29) is 40.6 Å². The Balaban J connectivity index is 1.39. The topological polar surface area (TPSA) is 121 Å². The number of amides is 1. The van der Waals surface area contributed by atoms with E-state index in [4.69, 9.17) is 11.6 Å². The second-order valence-electron chi connectivity index (χ2n) is 8.57. The van der Waals surface area contributed by atoms with Gasteiger partial charge in [-0.05, 0) is 18.9 Å². The van der Waals surface area contributed by atoms with E-state index in [0.717, 1.165) is 17.5 Å². The first-order valence-electron chi connectivity index (χ1n) is 11.3. The normalized spacial score (nSPS) is 15.5. The number of nitrogens with zero attached hydrogens (tertiary/aromatic N) is 5. The maximum absolute atomic E-state index is 13.1. The van der Waals surface area contributed by atoms with Gasteiger partial charge in [-0.1, -0.05) is 18.5 Å². The van der Waals surface area contributed by atoms with Gasteiger partial charge in [0.15, 0.2) is 5.78 Å². The Bertz CT molecular complexity index is 1300. The standard InChI is InChI=1S/C23H22ClF3N6O3S/c1-12(6-17(35)16-8-20(31-11-30-16)33-4-2-13(34)3-5-33)22-29-10-18(37-22)21(36)32-19-7-14(23(25,26)27)15(24)9-28-19/h7-13,34H,2-6H2,1H3,(H,28,32,36)/t12-/m0/s1. The molecule has 37 heavy (non-hydrogen) atoms. The summed E-state index contributed by atoms with van der Waals surface area (Å²) in [6, 6.07) is 2.28. The van der Waals surface area contributed by atoms with E-state index in [1.807, 2.05) is 4.90 Å². The molecule has 1 atom stereocenters. The number of pyridine rings is 1. The molecule has 3 aromatic rings. The summed E-state index contributed by atoms with van der Waals surface area (Å²) in [7, 11) is 0. The van der Waals surface area contributed by atoms with Crippen LogP contribution in [0.4, 0.5) is 24.8 Å². The minimum absolute atomic E-state index is 0.0808. The van der Waals surface area contributed by atoms with Gasteiger partial charge >= 0.3 is 6.18 Å². The number of Topliss-reactive ketones (excluding diaryl/α,β-unsaturated/α-hetero) is 1. The molecule has 0 unspecified atom stereocenters. The summed E-state index contributed by atoms with van der Waals surface area (Å²) in [5.74, 6) is -0.928. The fourth-order valence-electron chi connectivity index (χ4n) is 3.76. The van der Waals surface area contributed by atoms with Gasteiger partial charge in [-0.15, -0.1) is 11.3 Å². The zero-order valence-electron chi connectivity index (χ0n) is 19.5. The van der Waals surface area contributed by atoms with Crippen molar-refractivity contribution in [1.29, 1.82) is 0 Å². The molecule has 1 aliphatic rings. The quantitative estimate of drug-likeness (QED) is 0.407. The van der Waals surface area contributed by atoms with Crippen molar-refractivity contribution in [2.24, 2.45) is 0 Å². The van der Waals surface area contributed by atoms with Crippen LogP contribution in [-0.4, -0.2) is 55.9 Å². The fourth-order valence-corrected chi connectivity index (χ4v) is 4.83. The van der Waals surface area contributed by atoms with E-state index < -0.39 is 22.7 Å². The molecule has 0 saturated carbocycles. The summed E-state index contributed by atoms with van der Waals surface area (Å²) in [5, 5.41) is 11.9. The summed E-state index contributed by atoms with van der Waals surface area (Å²) in [4.78, 5) is 43.8. The van der Waals surface area contributed by atoms with Gasteiger partial charge in [0.05, 0.1) is 27.9 Å². The smallest absolute Gasteiger partial charge is 0.393 e. The maximum atomic E-state index is 13.1. The van der Waals surface area contributed by atoms with Crippen LogP contribution in [0.5, 0.6) is 0 Å². The summed E-state index contributed by atoms with van der Waals surface area (Å²) in [6.45, 7) is 3.05. The van der Waals surface area contributed by atoms with Gasteiger partial charge in [0.2, 0.25) is 0 Å². The lowest BCUT2D eigenvalue weighted by Crippen LogP contribution is -2.36. The minimum Gasteiger partial charge on any atom is -0.393 e. The van der Waals surface area contributed by atoms with Gasteiger partial charge in [-0.2, -0.15) is 13.2 Å². The van der Waals surface area contributed by atoms with Crippen molar-refractivity contribution in [3.05, 3.63) is 57.0 Å². The van der Waals surface area contributed by atoms with Crippen molar-refractivity contribution in [1.82, 2.24) is 19.9 Å². The number of thiazole rings is 1. The fraction of sp³-hybridized carbons (Fsp3) is 0.391. The van der Waals surface area contributed by atoms with Crippen molar-refractivity contribution in [2.75, 3.05) is 23.3 Å². The number of aliphatic hydroxyl groups excluding tert-OH is 1. The molecule has 4 heterocycles. The summed E-state index contributed by atoms with van der Waals surface area (Å²) < 4.78 is 39.2. The zero-order chi connectivity index (χ0) is 26.7. The number of aromatic nitrogens is 4. The molecule has 0 spiro atoms. The Morgan fingerprint density at radius 1 is 1.19 bits per heavy atom. The molecule has 0 bridgehead atoms. The number of hydrogen-bond donors (Lipinski definition) is 2. The lowest BCUT2D eigenvalue weighted by molar-refractivity contribution is -0.137. The Morgan fingerprint density at radius 3 is 2.62 bits per heavy atom. The highest BCUT2D eigenvalue weighted by atomic mass is 35.5. The molecular formula is C23H22ClF3N6O3S. The molecule has 1 amide bonds. The largest absolute Gasteiger partial charge is 0.418 e. The predicted molar refractivity (Wildman–Crippen MR) is 131 cm³/mol. The van der Waals surface area contributed by atoms with Crippen molar-refractivity contribution in [3.63, 3.8) is 0 Å². The number of ketones is 1. The molecule has 2 N–H and O–H groups in total. The number of carbonyl (C=O) groups is 2. The molecule has 0 aromatic carbocycles. The zero-order valence-corrected chi connectivity index (χ0v) is 21.1. The number of nitrogens with one attached hydrogen (secondary N) is 1. The number of alkyl halides is 3. The van der Waals surface area contributed by atoms with E-state index in [1.54, 1.807) is 13.0 Å². The molecule has 9 nitrogen and oxygen atoms in total. The SMILES string of the molecule is C[C@@H](CC(=O)c1cc(N2CCC(O)CC2)ncn1)c1ncc(C(=O)Nc2cc(C(F)(F)F)c(Cl)cn2)s1. The number of halogens is 4. The Morgan fingerprint density at radius 2 is 1.92 bits per heavy atom. The first-order chi connectivity index (χ1) is 17.5. The predicted octanol–water partition coefficient (Wildman–Crippen LogP) is 4.59. The summed E-state index contributed by atoms with van der Waals surface area (Å²) in [5.41, 5.74) is -0.853. The molecule has 14 heteroatoms.